The normalized spacial score (nSPS) is 16.5. The summed E-state index contributed by atoms with van der Waals surface area (Å²) in [6.07, 6.45) is 5.99. The average molecular weight is 262 g/mol. The van der Waals surface area contributed by atoms with Gasteiger partial charge in [-0.25, -0.2) is 0 Å². The minimum Gasteiger partial charge on any atom is -0.396 e. The summed E-state index contributed by atoms with van der Waals surface area (Å²) >= 11 is 0. The van der Waals surface area contributed by atoms with E-state index in [1.165, 1.54) is 0 Å². The van der Waals surface area contributed by atoms with E-state index in [0.29, 0.717) is 25.7 Å². The molecule has 0 radical (unpaired) electrons. The van der Waals surface area contributed by atoms with E-state index in [2.05, 4.69) is 0 Å². The topological polar surface area (TPSA) is 80.9 Å². The molecule has 0 bridgehead atoms. The molecule has 0 aliphatic heterocycles. The van der Waals surface area contributed by atoms with Gasteiger partial charge in [-0.3, -0.25) is 0 Å². The quantitative estimate of drug-likeness (QED) is 0.401. The lowest BCUT2D eigenvalue weighted by molar-refractivity contribution is -0.0379. The Morgan fingerprint density at radius 1 is 0.778 bits per heavy atom. The Hall–Kier alpha value is -0.160. The van der Waals surface area contributed by atoms with Crippen LogP contribution in [0, 0.1) is 5.92 Å². The van der Waals surface area contributed by atoms with Crippen LogP contribution in [0.2, 0.25) is 0 Å². The summed E-state index contributed by atoms with van der Waals surface area (Å²) in [4.78, 5) is 0. The van der Waals surface area contributed by atoms with E-state index in [-0.39, 0.29) is 25.7 Å². The van der Waals surface area contributed by atoms with Crippen molar-refractivity contribution in [3.63, 3.8) is 0 Å². The Bertz CT molecular complexity index is 187. The molecular formula is C14H30O4. The summed E-state index contributed by atoms with van der Waals surface area (Å²) in [7, 11) is 0. The van der Waals surface area contributed by atoms with Crippen LogP contribution in [-0.2, 0) is 0 Å². The van der Waals surface area contributed by atoms with E-state index < -0.39 is 5.60 Å². The highest BCUT2D eigenvalue weighted by molar-refractivity contribution is 4.84. The zero-order valence-corrected chi connectivity index (χ0v) is 11.6. The molecule has 0 aliphatic rings. The van der Waals surface area contributed by atoms with E-state index in [1.807, 2.05) is 6.92 Å². The fourth-order valence-electron chi connectivity index (χ4n) is 2.38. The maximum absolute atomic E-state index is 10.7. The minimum atomic E-state index is -0.743. The third-order valence-corrected chi connectivity index (χ3v) is 3.75. The zero-order valence-electron chi connectivity index (χ0n) is 11.6. The molecule has 4 heteroatoms. The average Bonchev–Trinajstić information content (AvgIpc) is 2.37. The number of aliphatic hydroxyl groups is 4. The van der Waals surface area contributed by atoms with Gasteiger partial charge in [0.15, 0.2) is 0 Å². The van der Waals surface area contributed by atoms with E-state index in [9.17, 15) is 5.11 Å². The third-order valence-electron chi connectivity index (χ3n) is 3.75. The summed E-state index contributed by atoms with van der Waals surface area (Å²) in [5.74, 6) is 0.161. The summed E-state index contributed by atoms with van der Waals surface area (Å²) < 4.78 is 0. The highest BCUT2D eigenvalue weighted by atomic mass is 16.3. The summed E-state index contributed by atoms with van der Waals surface area (Å²) in [6, 6.07) is 0. The number of hydrogen-bond acceptors (Lipinski definition) is 4. The molecular weight excluding hydrogens is 232 g/mol. The highest BCUT2D eigenvalue weighted by Gasteiger charge is 2.31. The standard InChI is InChI=1S/C14H30O4/c1-13(7-2-4-10-15)14(18,9-6-12-17)8-3-5-11-16/h13,15-18H,2-12H2,1H3. The molecule has 0 aromatic carbocycles. The van der Waals surface area contributed by atoms with Crippen molar-refractivity contribution in [3.8, 4) is 0 Å². The molecule has 2 atom stereocenters. The predicted molar refractivity (Wildman–Crippen MR) is 72.3 cm³/mol. The summed E-state index contributed by atoms with van der Waals surface area (Å²) in [6.45, 7) is 2.50. The van der Waals surface area contributed by atoms with Crippen LogP contribution in [0.3, 0.4) is 0 Å². The molecule has 4 N–H and O–H groups in total. The molecule has 4 nitrogen and oxygen atoms in total. The fraction of sp³-hybridized carbons (Fsp3) is 1.00. The Kier molecular flexibility index (Phi) is 10.6. The van der Waals surface area contributed by atoms with Crippen LogP contribution in [0.5, 0.6) is 0 Å². The number of unbranched alkanes of at least 4 members (excludes halogenated alkanes) is 2. The van der Waals surface area contributed by atoms with Gasteiger partial charge >= 0.3 is 0 Å². The van der Waals surface area contributed by atoms with Crippen LogP contribution < -0.4 is 0 Å². The maximum Gasteiger partial charge on any atom is 0.0674 e. The van der Waals surface area contributed by atoms with Gasteiger partial charge in [-0.05, 0) is 50.9 Å². The van der Waals surface area contributed by atoms with E-state index >= 15 is 0 Å². The molecule has 0 spiro atoms. The number of aliphatic hydroxyl groups excluding tert-OH is 3. The van der Waals surface area contributed by atoms with Gasteiger partial charge in [0.2, 0.25) is 0 Å². The third kappa shape index (κ3) is 7.31. The van der Waals surface area contributed by atoms with Crippen LogP contribution in [0.1, 0.15) is 58.3 Å². The van der Waals surface area contributed by atoms with Gasteiger partial charge in [-0.15, -0.1) is 0 Å². The second kappa shape index (κ2) is 10.7. The lowest BCUT2D eigenvalue weighted by Crippen LogP contribution is -2.37. The van der Waals surface area contributed by atoms with Crippen molar-refractivity contribution in [1.82, 2.24) is 0 Å². The van der Waals surface area contributed by atoms with Gasteiger partial charge in [0.25, 0.3) is 0 Å². The molecule has 0 aliphatic carbocycles. The lowest BCUT2D eigenvalue weighted by atomic mass is 9.78. The molecule has 0 amide bonds. The van der Waals surface area contributed by atoms with E-state index in [0.717, 1.165) is 25.7 Å². The molecule has 0 saturated carbocycles. The van der Waals surface area contributed by atoms with Crippen molar-refractivity contribution in [2.24, 2.45) is 5.92 Å². The highest BCUT2D eigenvalue weighted by Crippen LogP contribution is 2.32. The number of rotatable bonds is 12. The van der Waals surface area contributed by atoms with Crippen molar-refractivity contribution in [2.45, 2.75) is 63.9 Å². The molecule has 0 aromatic heterocycles. The van der Waals surface area contributed by atoms with Crippen LogP contribution in [0.25, 0.3) is 0 Å². The maximum atomic E-state index is 10.7. The van der Waals surface area contributed by atoms with E-state index in [1.54, 1.807) is 0 Å². The first-order valence-corrected chi connectivity index (χ1v) is 7.15. The molecule has 110 valence electrons. The second-order valence-corrected chi connectivity index (χ2v) is 5.23. The fourth-order valence-corrected chi connectivity index (χ4v) is 2.38. The van der Waals surface area contributed by atoms with Crippen molar-refractivity contribution in [1.29, 1.82) is 0 Å². The van der Waals surface area contributed by atoms with Crippen molar-refractivity contribution >= 4 is 0 Å². The monoisotopic (exact) mass is 262 g/mol. The molecule has 0 aromatic rings. The van der Waals surface area contributed by atoms with Gasteiger partial charge in [-0.2, -0.15) is 0 Å². The van der Waals surface area contributed by atoms with Crippen LogP contribution in [0.15, 0.2) is 0 Å². The van der Waals surface area contributed by atoms with Gasteiger partial charge in [0.05, 0.1) is 5.60 Å². The van der Waals surface area contributed by atoms with E-state index in [4.69, 9.17) is 15.3 Å². The zero-order chi connectivity index (χ0) is 13.9. The first-order chi connectivity index (χ1) is 8.60. The van der Waals surface area contributed by atoms with Crippen molar-refractivity contribution < 1.29 is 20.4 Å². The Labute approximate surface area is 111 Å². The first-order valence-electron chi connectivity index (χ1n) is 7.15. The molecule has 0 heterocycles. The van der Waals surface area contributed by atoms with Crippen molar-refractivity contribution in [3.05, 3.63) is 0 Å². The first kappa shape index (κ1) is 17.8. The smallest absolute Gasteiger partial charge is 0.0674 e. The molecule has 0 rings (SSSR count). The Morgan fingerprint density at radius 3 is 1.83 bits per heavy atom. The van der Waals surface area contributed by atoms with Gasteiger partial charge < -0.3 is 20.4 Å². The summed E-state index contributed by atoms with van der Waals surface area (Å²) in [5.41, 5.74) is -0.743. The summed E-state index contributed by atoms with van der Waals surface area (Å²) in [5, 5.41) is 37.2. The lowest BCUT2D eigenvalue weighted by Gasteiger charge is -2.34. The molecule has 0 saturated heterocycles. The second-order valence-electron chi connectivity index (χ2n) is 5.23. The van der Waals surface area contributed by atoms with Crippen LogP contribution in [0.4, 0.5) is 0 Å². The molecule has 18 heavy (non-hydrogen) atoms. The minimum absolute atomic E-state index is 0.103. The van der Waals surface area contributed by atoms with Gasteiger partial charge in [-0.1, -0.05) is 13.3 Å². The van der Waals surface area contributed by atoms with Gasteiger partial charge in [0, 0.05) is 19.8 Å². The van der Waals surface area contributed by atoms with Crippen LogP contribution >= 0.6 is 0 Å². The van der Waals surface area contributed by atoms with Crippen molar-refractivity contribution in [2.75, 3.05) is 19.8 Å². The molecule has 0 fully saturated rings. The Balaban J connectivity index is 4.23. The molecule has 2 unspecified atom stereocenters. The van der Waals surface area contributed by atoms with Crippen LogP contribution in [-0.4, -0.2) is 45.8 Å². The Morgan fingerprint density at radius 2 is 1.28 bits per heavy atom. The SMILES string of the molecule is CC(CCCCO)C(O)(CCCO)CCCCO. The largest absolute Gasteiger partial charge is 0.396 e. The predicted octanol–water partition coefficient (Wildman–Crippen LogP) is 1.45. The number of hydrogen-bond donors (Lipinski definition) is 4. The van der Waals surface area contributed by atoms with Gasteiger partial charge in [0.1, 0.15) is 0 Å².